The van der Waals surface area contributed by atoms with Gasteiger partial charge in [0.15, 0.2) is 0 Å². The molecule has 2 atom stereocenters. The molecule has 1 rings (SSSR count). The van der Waals surface area contributed by atoms with Crippen LogP contribution in [0, 0.1) is 11.3 Å². The molecule has 0 saturated carbocycles. The predicted octanol–water partition coefficient (Wildman–Crippen LogP) is 2.90. The molecule has 4 nitrogen and oxygen atoms in total. The highest BCUT2D eigenvalue weighted by Crippen LogP contribution is 2.14. The van der Waals surface area contributed by atoms with Gasteiger partial charge in [0, 0.05) is 11.6 Å². The fraction of sp³-hybridized carbons (Fsp3) is 0.529. The largest absolute Gasteiger partial charge is 0.350 e. The zero-order valence-corrected chi connectivity index (χ0v) is 13.5. The smallest absolute Gasteiger partial charge is 0.237 e. The van der Waals surface area contributed by atoms with E-state index in [9.17, 15) is 4.79 Å². The number of nitrogens with one attached hydrogen (secondary N) is 2. The first-order chi connectivity index (χ1) is 9.79. The molecule has 0 aliphatic carbocycles. The highest BCUT2D eigenvalue weighted by Gasteiger charge is 2.22. The average molecular weight is 287 g/mol. The maximum atomic E-state index is 12.2. The maximum absolute atomic E-state index is 12.2. The van der Waals surface area contributed by atoms with E-state index in [1.807, 2.05) is 39.8 Å². The molecule has 4 heteroatoms. The van der Waals surface area contributed by atoms with Gasteiger partial charge in [-0.3, -0.25) is 10.1 Å². The van der Waals surface area contributed by atoms with Gasteiger partial charge in [0.05, 0.1) is 17.7 Å². The van der Waals surface area contributed by atoms with Crippen molar-refractivity contribution in [1.82, 2.24) is 10.6 Å². The second kappa shape index (κ2) is 7.24. The summed E-state index contributed by atoms with van der Waals surface area (Å²) >= 11 is 0. The molecule has 2 unspecified atom stereocenters. The van der Waals surface area contributed by atoms with Crippen LogP contribution in [-0.2, 0) is 4.79 Å². The Balaban J connectivity index is 2.62. The van der Waals surface area contributed by atoms with Gasteiger partial charge < -0.3 is 5.32 Å². The lowest BCUT2D eigenvalue weighted by molar-refractivity contribution is -0.124. The van der Waals surface area contributed by atoms with Crippen molar-refractivity contribution in [2.45, 2.75) is 58.7 Å². The number of rotatable bonds is 6. The molecule has 1 amide bonds. The summed E-state index contributed by atoms with van der Waals surface area (Å²) in [6.07, 6.45) is 0.886. The first-order valence-corrected chi connectivity index (χ1v) is 7.37. The summed E-state index contributed by atoms with van der Waals surface area (Å²) in [7, 11) is 0. The van der Waals surface area contributed by atoms with Gasteiger partial charge >= 0.3 is 0 Å². The molecule has 21 heavy (non-hydrogen) atoms. The van der Waals surface area contributed by atoms with Gasteiger partial charge in [-0.1, -0.05) is 19.1 Å². The van der Waals surface area contributed by atoms with Gasteiger partial charge in [-0.25, -0.2) is 0 Å². The Labute approximate surface area is 127 Å². The van der Waals surface area contributed by atoms with Crippen LogP contribution in [-0.4, -0.2) is 17.5 Å². The molecule has 0 radical (unpaired) electrons. The summed E-state index contributed by atoms with van der Waals surface area (Å²) in [6.45, 7) is 9.96. The molecule has 1 aromatic carbocycles. The number of hydrogen-bond acceptors (Lipinski definition) is 3. The number of amides is 1. The van der Waals surface area contributed by atoms with Crippen molar-refractivity contribution >= 4 is 5.91 Å². The second-order valence-corrected chi connectivity index (χ2v) is 6.07. The highest BCUT2D eigenvalue weighted by molar-refractivity contribution is 5.82. The summed E-state index contributed by atoms with van der Waals surface area (Å²) in [5.41, 5.74) is 1.51. The Bertz CT molecular complexity index is 514. The lowest BCUT2D eigenvalue weighted by Gasteiger charge is -2.28. The fourth-order valence-electron chi connectivity index (χ4n) is 1.92. The van der Waals surface area contributed by atoms with Gasteiger partial charge in [0.1, 0.15) is 0 Å². The van der Waals surface area contributed by atoms with Crippen LogP contribution in [0.15, 0.2) is 24.3 Å². The van der Waals surface area contributed by atoms with Crippen LogP contribution in [0.3, 0.4) is 0 Å². The molecule has 0 fully saturated rings. The Hall–Kier alpha value is -1.86. The van der Waals surface area contributed by atoms with Crippen molar-refractivity contribution in [3.8, 4) is 6.07 Å². The quantitative estimate of drug-likeness (QED) is 0.845. The molecule has 0 bridgehead atoms. The third-order valence-corrected chi connectivity index (χ3v) is 3.78. The summed E-state index contributed by atoms with van der Waals surface area (Å²) in [5, 5.41) is 15.1. The minimum absolute atomic E-state index is 0.00217. The van der Waals surface area contributed by atoms with E-state index < -0.39 is 0 Å². The van der Waals surface area contributed by atoms with Gasteiger partial charge in [-0.15, -0.1) is 0 Å². The van der Waals surface area contributed by atoms with E-state index in [2.05, 4.69) is 23.6 Å². The Morgan fingerprint density at radius 2 is 1.86 bits per heavy atom. The molecule has 0 spiro atoms. The third-order valence-electron chi connectivity index (χ3n) is 3.78. The van der Waals surface area contributed by atoms with E-state index in [1.54, 1.807) is 12.1 Å². The zero-order chi connectivity index (χ0) is 16.0. The molecule has 0 saturated heterocycles. The van der Waals surface area contributed by atoms with E-state index in [-0.39, 0.29) is 23.5 Å². The van der Waals surface area contributed by atoms with E-state index in [4.69, 9.17) is 5.26 Å². The van der Waals surface area contributed by atoms with Gasteiger partial charge in [0.2, 0.25) is 5.91 Å². The summed E-state index contributed by atoms with van der Waals surface area (Å²) < 4.78 is 0. The minimum Gasteiger partial charge on any atom is -0.350 e. The van der Waals surface area contributed by atoms with Crippen LogP contribution in [0.5, 0.6) is 0 Å². The Morgan fingerprint density at radius 1 is 1.29 bits per heavy atom. The van der Waals surface area contributed by atoms with Crippen molar-refractivity contribution in [3.63, 3.8) is 0 Å². The lowest BCUT2D eigenvalue weighted by Crippen LogP contribution is -2.51. The van der Waals surface area contributed by atoms with Gasteiger partial charge in [0.25, 0.3) is 0 Å². The number of nitrogens with zero attached hydrogens (tertiary/aromatic N) is 1. The van der Waals surface area contributed by atoms with E-state index in [1.165, 1.54) is 0 Å². The second-order valence-electron chi connectivity index (χ2n) is 6.07. The molecule has 2 N–H and O–H groups in total. The molecule has 0 aromatic heterocycles. The van der Waals surface area contributed by atoms with Crippen LogP contribution >= 0.6 is 0 Å². The monoisotopic (exact) mass is 287 g/mol. The molecule has 0 aliphatic rings. The molecular weight excluding hydrogens is 262 g/mol. The Morgan fingerprint density at radius 3 is 2.33 bits per heavy atom. The normalized spacial score (nSPS) is 14.1. The van der Waals surface area contributed by atoms with E-state index in [0.29, 0.717) is 5.56 Å². The maximum Gasteiger partial charge on any atom is 0.237 e. The average Bonchev–Trinajstić information content (AvgIpc) is 2.46. The number of hydrogen-bond donors (Lipinski definition) is 2. The highest BCUT2D eigenvalue weighted by atomic mass is 16.2. The third kappa shape index (κ3) is 5.20. The number of carbonyl (C=O) groups is 1. The molecule has 0 heterocycles. The molecule has 0 aliphatic heterocycles. The standard InChI is InChI=1S/C17H25N3O/c1-6-17(4,5)20-16(21)13(3)19-12(2)15-9-7-14(11-18)8-10-15/h7-10,12-13,19H,6H2,1-5H3,(H,20,21). The first-order valence-electron chi connectivity index (χ1n) is 7.37. The topological polar surface area (TPSA) is 64.9 Å². The van der Waals surface area contributed by atoms with Crippen molar-refractivity contribution in [3.05, 3.63) is 35.4 Å². The van der Waals surface area contributed by atoms with Crippen LogP contribution in [0.4, 0.5) is 0 Å². The first kappa shape index (κ1) is 17.2. The van der Waals surface area contributed by atoms with Gasteiger partial charge in [-0.2, -0.15) is 5.26 Å². The van der Waals surface area contributed by atoms with Crippen molar-refractivity contribution < 1.29 is 4.79 Å². The van der Waals surface area contributed by atoms with Crippen molar-refractivity contribution in [1.29, 1.82) is 5.26 Å². The lowest BCUT2D eigenvalue weighted by atomic mass is 10.0. The van der Waals surface area contributed by atoms with Crippen molar-refractivity contribution in [2.75, 3.05) is 0 Å². The van der Waals surface area contributed by atoms with E-state index in [0.717, 1.165) is 12.0 Å². The van der Waals surface area contributed by atoms with Crippen LogP contribution in [0.25, 0.3) is 0 Å². The number of nitriles is 1. The fourth-order valence-corrected chi connectivity index (χ4v) is 1.92. The SMILES string of the molecule is CCC(C)(C)NC(=O)C(C)NC(C)c1ccc(C#N)cc1. The predicted molar refractivity (Wildman–Crippen MR) is 84.7 cm³/mol. The zero-order valence-electron chi connectivity index (χ0n) is 13.5. The van der Waals surface area contributed by atoms with Crippen LogP contribution in [0.1, 0.15) is 58.2 Å². The Kier molecular flexibility index (Phi) is 5.92. The van der Waals surface area contributed by atoms with E-state index >= 15 is 0 Å². The molecular formula is C17H25N3O. The van der Waals surface area contributed by atoms with Crippen molar-refractivity contribution in [2.24, 2.45) is 0 Å². The number of carbonyl (C=O) groups excluding carboxylic acids is 1. The summed E-state index contributed by atoms with van der Waals surface area (Å²) in [6, 6.07) is 9.28. The summed E-state index contributed by atoms with van der Waals surface area (Å²) in [4.78, 5) is 12.2. The van der Waals surface area contributed by atoms with Crippen LogP contribution < -0.4 is 10.6 Å². The summed E-state index contributed by atoms with van der Waals surface area (Å²) in [5.74, 6) is 0.00217. The number of benzene rings is 1. The van der Waals surface area contributed by atoms with Gasteiger partial charge in [-0.05, 0) is 51.8 Å². The van der Waals surface area contributed by atoms with Crippen LogP contribution in [0.2, 0.25) is 0 Å². The molecule has 1 aromatic rings. The minimum atomic E-state index is -0.276. The molecule has 114 valence electrons.